The highest BCUT2D eigenvalue weighted by molar-refractivity contribution is 7.16. The molecule has 6 heteroatoms. The minimum Gasteiger partial charge on any atom is -0.322 e. The number of alkyl halides is 1. The van der Waals surface area contributed by atoms with Gasteiger partial charge in [0.15, 0.2) is 0 Å². The van der Waals surface area contributed by atoms with Crippen LogP contribution in [0.4, 0.5) is 5.69 Å². The van der Waals surface area contributed by atoms with E-state index in [0.29, 0.717) is 16.2 Å². The molecule has 0 unspecified atom stereocenters. The Morgan fingerprint density at radius 2 is 2.33 bits per heavy atom. The van der Waals surface area contributed by atoms with E-state index >= 15 is 0 Å². The van der Waals surface area contributed by atoms with Gasteiger partial charge in [0, 0.05) is 0 Å². The number of hydrogen-bond donors (Lipinski definition) is 1. The van der Waals surface area contributed by atoms with Gasteiger partial charge in [0.1, 0.15) is 11.4 Å². The van der Waals surface area contributed by atoms with Crippen molar-refractivity contribution in [2.45, 2.75) is 0 Å². The van der Waals surface area contributed by atoms with E-state index in [2.05, 4.69) is 10.3 Å². The van der Waals surface area contributed by atoms with Crippen molar-refractivity contribution in [1.29, 1.82) is 0 Å². The van der Waals surface area contributed by atoms with Crippen LogP contribution in [-0.2, 0) is 4.79 Å². The minimum absolute atomic E-state index is 0.100. The largest absolute Gasteiger partial charge is 0.322 e. The topological polar surface area (TPSA) is 42.0 Å². The molecule has 0 bridgehead atoms. The molecule has 2 rings (SSSR count). The zero-order valence-corrected chi connectivity index (χ0v) is 9.79. The standard InChI is InChI=1S/C9H6Cl2N2OS/c10-3-7(14)13-8-5(11)1-2-6-9(8)12-4-15-6/h1-2,4H,3H2,(H,13,14). The summed E-state index contributed by atoms with van der Waals surface area (Å²) < 4.78 is 0.976. The van der Waals surface area contributed by atoms with Crippen molar-refractivity contribution in [3.8, 4) is 0 Å². The molecule has 2 aromatic rings. The van der Waals surface area contributed by atoms with E-state index in [-0.39, 0.29) is 11.8 Å². The Hall–Kier alpha value is -0.840. The van der Waals surface area contributed by atoms with E-state index < -0.39 is 0 Å². The summed E-state index contributed by atoms with van der Waals surface area (Å²) in [5.74, 6) is -0.393. The third-order valence-electron chi connectivity index (χ3n) is 1.84. The molecule has 0 radical (unpaired) electrons. The monoisotopic (exact) mass is 260 g/mol. The molecule has 0 aliphatic carbocycles. The van der Waals surface area contributed by atoms with Gasteiger partial charge in [-0.15, -0.1) is 22.9 Å². The summed E-state index contributed by atoms with van der Waals surface area (Å²) in [6, 6.07) is 3.59. The molecule has 0 aliphatic rings. The summed E-state index contributed by atoms with van der Waals surface area (Å²) in [6.45, 7) is 0. The molecule has 0 atom stereocenters. The average Bonchev–Trinajstić information content (AvgIpc) is 2.70. The fourth-order valence-corrected chi connectivity index (χ4v) is 2.15. The van der Waals surface area contributed by atoms with E-state index in [1.54, 1.807) is 11.6 Å². The number of halogens is 2. The number of fused-ring (bicyclic) bond motifs is 1. The first-order chi connectivity index (χ1) is 7.22. The van der Waals surface area contributed by atoms with Crippen molar-refractivity contribution in [2.24, 2.45) is 0 Å². The molecule has 1 amide bonds. The third-order valence-corrected chi connectivity index (χ3v) is 3.19. The summed E-state index contributed by atoms with van der Waals surface area (Å²) >= 11 is 12.9. The Labute approximate surface area is 100 Å². The maximum Gasteiger partial charge on any atom is 0.239 e. The van der Waals surface area contributed by atoms with Gasteiger partial charge in [0.05, 0.1) is 20.9 Å². The summed E-state index contributed by atoms with van der Waals surface area (Å²) in [6.07, 6.45) is 0. The normalized spacial score (nSPS) is 10.5. The lowest BCUT2D eigenvalue weighted by Crippen LogP contribution is -2.13. The lowest BCUT2D eigenvalue weighted by atomic mass is 10.3. The van der Waals surface area contributed by atoms with Gasteiger partial charge in [0.2, 0.25) is 5.91 Å². The minimum atomic E-state index is -0.293. The highest BCUT2D eigenvalue weighted by Crippen LogP contribution is 2.32. The number of benzene rings is 1. The lowest BCUT2D eigenvalue weighted by Gasteiger charge is -2.05. The molecular weight excluding hydrogens is 255 g/mol. The van der Waals surface area contributed by atoms with Gasteiger partial charge in [0.25, 0.3) is 0 Å². The van der Waals surface area contributed by atoms with Crippen LogP contribution in [0.25, 0.3) is 10.2 Å². The predicted octanol–water partition coefficient (Wildman–Crippen LogP) is 3.13. The van der Waals surface area contributed by atoms with E-state index in [0.717, 1.165) is 4.70 Å². The molecule has 15 heavy (non-hydrogen) atoms. The smallest absolute Gasteiger partial charge is 0.239 e. The molecule has 0 saturated heterocycles. The van der Waals surface area contributed by atoms with Crippen molar-refractivity contribution < 1.29 is 4.79 Å². The van der Waals surface area contributed by atoms with Crippen molar-refractivity contribution in [3.63, 3.8) is 0 Å². The Balaban J connectivity index is 2.51. The number of thiazole rings is 1. The maximum absolute atomic E-state index is 11.2. The molecular formula is C9H6Cl2N2OS. The summed E-state index contributed by atoms with van der Waals surface area (Å²) in [7, 11) is 0. The van der Waals surface area contributed by atoms with Crippen LogP contribution < -0.4 is 5.32 Å². The van der Waals surface area contributed by atoms with Crippen LogP contribution in [0.5, 0.6) is 0 Å². The number of amides is 1. The van der Waals surface area contributed by atoms with Crippen LogP contribution in [0.15, 0.2) is 17.6 Å². The second-order valence-corrected chi connectivity index (χ2v) is 4.36. The fourth-order valence-electron chi connectivity index (χ4n) is 1.20. The Morgan fingerprint density at radius 3 is 3.07 bits per heavy atom. The first-order valence-electron chi connectivity index (χ1n) is 4.10. The number of nitrogens with zero attached hydrogens (tertiary/aromatic N) is 1. The van der Waals surface area contributed by atoms with Gasteiger partial charge in [-0.2, -0.15) is 0 Å². The van der Waals surface area contributed by atoms with Gasteiger partial charge < -0.3 is 5.32 Å². The molecule has 78 valence electrons. The number of hydrogen-bond acceptors (Lipinski definition) is 3. The van der Waals surface area contributed by atoms with Crippen molar-refractivity contribution in [2.75, 3.05) is 11.2 Å². The number of aromatic nitrogens is 1. The number of carbonyl (C=O) groups is 1. The second-order valence-electron chi connectivity index (χ2n) is 2.80. The van der Waals surface area contributed by atoms with E-state index in [1.807, 2.05) is 6.07 Å². The molecule has 0 aliphatic heterocycles. The first kappa shape index (κ1) is 10.7. The zero-order valence-electron chi connectivity index (χ0n) is 7.46. The van der Waals surface area contributed by atoms with Gasteiger partial charge in [-0.05, 0) is 12.1 Å². The second kappa shape index (κ2) is 4.35. The van der Waals surface area contributed by atoms with E-state index in [9.17, 15) is 4.79 Å². The number of rotatable bonds is 2. The van der Waals surface area contributed by atoms with Crippen LogP contribution in [0, 0.1) is 0 Å². The molecule has 1 aromatic heterocycles. The van der Waals surface area contributed by atoms with Crippen LogP contribution >= 0.6 is 34.5 Å². The van der Waals surface area contributed by atoms with Crippen LogP contribution in [-0.4, -0.2) is 16.8 Å². The van der Waals surface area contributed by atoms with Crippen LogP contribution in [0.3, 0.4) is 0 Å². The maximum atomic E-state index is 11.2. The quantitative estimate of drug-likeness (QED) is 0.844. The molecule has 0 fully saturated rings. The van der Waals surface area contributed by atoms with Gasteiger partial charge in [-0.25, -0.2) is 4.98 Å². The van der Waals surface area contributed by atoms with E-state index in [1.165, 1.54) is 11.3 Å². The molecule has 3 nitrogen and oxygen atoms in total. The van der Waals surface area contributed by atoms with E-state index in [4.69, 9.17) is 23.2 Å². The van der Waals surface area contributed by atoms with Crippen LogP contribution in [0.1, 0.15) is 0 Å². The van der Waals surface area contributed by atoms with Gasteiger partial charge in [-0.1, -0.05) is 11.6 Å². The molecule has 0 spiro atoms. The Bertz CT molecular complexity index is 512. The summed E-state index contributed by atoms with van der Waals surface area (Å²) in [4.78, 5) is 15.3. The highest BCUT2D eigenvalue weighted by atomic mass is 35.5. The predicted molar refractivity (Wildman–Crippen MR) is 64.0 cm³/mol. The SMILES string of the molecule is O=C(CCl)Nc1c(Cl)ccc2scnc12. The van der Waals surface area contributed by atoms with Crippen LogP contribution in [0.2, 0.25) is 5.02 Å². The zero-order chi connectivity index (χ0) is 10.8. The van der Waals surface area contributed by atoms with Crippen molar-refractivity contribution >= 4 is 56.3 Å². The Kier molecular flexibility index (Phi) is 3.09. The van der Waals surface area contributed by atoms with Crippen molar-refractivity contribution in [1.82, 2.24) is 4.98 Å². The highest BCUT2D eigenvalue weighted by Gasteiger charge is 2.10. The molecule has 1 heterocycles. The van der Waals surface area contributed by atoms with Gasteiger partial charge in [-0.3, -0.25) is 4.79 Å². The molecule has 0 saturated carbocycles. The Morgan fingerprint density at radius 1 is 1.53 bits per heavy atom. The lowest BCUT2D eigenvalue weighted by molar-refractivity contribution is -0.113. The number of anilines is 1. The summed E-state index contributed by atoms with van der Waals surface area (Å²) in [5, 5.41) is 3.10. The fraction of sp³-hybridized carbons (Fsp3) is 0.111. The number of nitrogens with one attached hydrogen (secondary N) is 1. The molecule has 1 aromatic carbocycles. The number of carbonyl (C=O) groups excluding carboxylic acids is 1. The van der Waals surface area contributed by atoms with Gasteiger partial charge >= 0.3 is 0 Å². The first-order valence-corrected chi connectivity index (χ1v) is 5.89. The van der Waals surface area contributed by atoms with Crippen molar-refractivity contribution in [3.05, 3.63) is 22.7 Å². The summed E-state index contributed by atoms with van der Waals surface area (Å²) in [5.41, 5.74) is 2.93. The third kappa shape index (κ3) is 2.07. The molecule has 1 N–H and O–H groups in total. The average molecular weight is 261 g/mol.